The molecule has 0 aliphatic carbocycles. The highest BCUT2D eigenvalue weighted by atomic mass is 16.5. The molecule has 0 saturated carbocycles. The van der Waals surface area contributed by atoms with Crippen molar-refractivity contribution in [1.82, 2.24) is 5.16 Å². The fraction of sp³-hybridized carbons (Fsp3) is 0.0909. The van der Waals surface area contributed by atoms with Crippen molar-refractivity contribution in [3.8, 4) is 11.3 Å². The molecule has 26 heavy (non-hydrogen) atoms. The van der Waals surface area contributed by atoms with Crippen LogP contribution in [0.3, 0.4) is 0 Å². The largest absolute Gasteiger partial charge is 0.457 e. The molecule has 0 radical (unpaired) electrons. The van der Waals surface area contributed by atoms with Gasteiger partial charge in [-0.25, -0.2) is 4.79 Å². The van der Waals surface area contributed by atoms with Crippen molar-refractivity contribution >= 4 is 16.7 Å². The van der Waals surface area contributed by atoms with Gasteiger partial charge in [-0.2, -0.15) is 0 Å². The molecule has 0 saturated heterocycles. The molecule has 4 aromatic rings. The van der Waals surface area contributed by atoms with E-state index in [4.69, 9.17) is 9.26 Å². The van der Waals surface area contributed by atoms with E-state index < -0.39 is 5.97 Å². The monoisotopic (exact) mass is 343 g/mol. The van der Waals surface area contributed by atoms with Crippen molar-refractivity contribution in [3.63, 3.8) is 0 Å². The Balaban J connectivity index is 1.61. The summed E-state index contributed by atoms with van der Waals surface area (Å²) < 4.78 is 10.8. The van der Waals surface area contributed by atoms with Gasteiger partial charge in [0.05, 0.1) is 0 Å². The second-order valence-corrected chi connectivity index (χ2v) is 6.04. The lowest BCUT2D eigenvalue weighted by atomic mass is 10.1. The van der Waals surface area contributed by atoms with Crippen LogP contribution in [-0.2, 0) is 11.3 Å². The smallest absolute Gasteiger partial charge is 0.344 e. The highest BCUT2D eigenvalue weighted by molar-refractivity contribution is 5.97. The average molecular weight is 343 g/mol. The summed E-state index contributed by atoms with van der Waals surface area (Å²) >= 11 is 0. The van der Waals surface area contributed by atoms with Crippen LogP contribution in [0.5, 0.6) is 0 Å². The first-order valence-electron chi connectivity index (χ1n) is 8.39. The number of hydrogen-bond donors (Lipinski definition) is 0. The van der Waals surface area contributed by atoms with Gasteiger partial charge >= 0.3 is 5.97 Å². The second-order valence-electron chi connectivity index (χ2n) is 6.04. The molecule has 4 nitrogen and oxygen atoms in total. The minimum atomic E-state index is -0.435. The summed E-state index contributed by atoms with van der Waals surface area (Å²) in [6, 6.07) is 23.5. The lowest BCUT2D eigenvalue weighted by Gasteiger charge is -2.08. The first-order valence-corrected chi connectivity index (χ1v) is 8.39. The minimum Gasteiger partial charge on any atom is -0.457 e. The maximum atomic E-state index is 12.7. The zero-order chi connectivity index (χ0) is 17.9. The maximum Gasteiger partial charge on any atom is 0.344 e. The van der Waals surface area contributed by atoms with E-state index in [2.05, 4.69) is 5.16 Å². The summed E-state index contributed by atoms with van der Waals surface area (Å²) in [4.78, 5) is 12.7. The van der Waals surface area contributed by atoms with E-state index >= 15 is 0 Å². The van der Waals surface area contributed by atoms with Crippen LogP contribution < -0.4 is 0 Å². The van der Waals surface area contributed by atoms with E-state index in [9.17, 15) is 4.79 Å². The Morgan fingerprint density at radius 1 is 0.962 bits per heavy atom. The minimum absolute atomic E-state index is 0.193. The third kappa shape index (κ3) is 2.97. The summed E-state index contributed by atoms with van der Waals surface area (Å²) in [6.07, 6.45) is 0. The van der Waals surface area contributed by atoms with Crippen LogP contribution >= 0.6 is 0 Å². The number of esters is 1. The van der Waals surface area contributed by atoms with Gasteiger partial charge in [0.15, 0.2) is 0 Å². The number of carbonyl (C=O) groups is 1. The average Bonchev–Trinajstić information content (AvgIpc) is 3.08. The molecule has 1 aromatic heterocycles. The molecule has 0 amide bonds. The van der Waals surface area contributed by atoms with Crippen molar-refractivity contribution in [1.29, 1.82) is 0 Å². The van der Waals surface area contributed by atoms with Gasteiger partial charge in [0.25, 0.3) is 0 Å². The summed E-state index contributed by atoms with van der Waals surface area (Å²) in [6.45, 7) is 1.91. The van der Waals surface area contributed by atoms with Crippen molar-refractivity contribution in [2.75, 3.05) is 0 Å². The van der Waals surface area contributed by atoms with Crippen LogP contribution in [-0.4, -0.2) is 11.1 Å². The van der Waals surface area contributed by atoms with Gasteiger partial charge in [-0.3, -0.25) is 0 Å². The van der Waals surface area contributed by atoms with Gasteiger partial charge in [0, 0.05) is 5.56 Å². The van der Waals surface area contributed by atoms with Crippen molar-refractivity contribution in [2.24, 2.45) is 0 Å². The number of benzene rings is 3. The molecule has 0 N–H and O–H groups in total. The quantitative estimate of drug-likeness (QED) is 0.480. The zero-order valence-corrected chi connectivity index (χ0v) is 14.3. The maximum absolute atomic E-state index is 12.7. The van der Waals surface area contributed by atoms with Gasteiger partial charge in [-0.1, -0.05) is 78.0 Å². The molecule has 4 heteroatoms. The normalized spacial score (nSPS) is 10.8. The van der Waals surface area contributed by atoms with Gasteiger partial charge in [0.2, 0.25) is 0 Å². The molecule has 1 heterocycles. The standard InChI is InChI=1S/C22H17NO3/c1-15-20(21(23-26-15)17-9-3-2-4-10-17)22(24)25-14-18-12-7-11-16-8-5-6-13-19(16)18/h2-13H,14H2,1H3. The van der Waals surface area contributed by atoms with E-state index in [-0.39, 0.29) is 6.61 Å². The van der Waals surface area contributed by atoms with E-state index in [1.807, 2.05) is 72.8 Å². The van der Waals surface area contributed by atoms with Crippen molar-refractivity contribution in [2.45, 2.75) is 13.5 Å². The summed E-state index contributed by atoms with van der Waals surface area (Å²) in [7, 11) is 0. The molecular weight excluding hydrogens is 326 g/mol. The molecule has 0 fully saturated rings. The number of hydrogen-bond acceptors (Lipinski definition) is 4. The van der Waals surface area contributed by atoms with E-state index in [1.165, 1.54) is 0 Å². The molecule has 0 atom stereocenters. The fourth-order valence-electron chi connectivity index (χ4n) is 3.04. The predicted molar refractivity (Wildman–Crippen MR) is 99.7 cm³/mol. The highest BCUT2D eigenvalue weighted by Gasteiger charge is 2.23. The summed E-state index contributed by atoms with van der Waals surface area (Å²) in [5.74, 6) is 0.0160. The SMILES string of the molecule is Cc1onc(-c2ccccc2)c1C(=O)OCc1cccc2ccccc12. The van der Waals surface area contributed by atoms with E-state index in [0.717, 1.165) is 21.9 Å². The van der Waals surface area contributed by atoms with Crippen LogP contribution in [0.15, 0.2) is 77.3 Å². The van der Waals surface area contributed by atoms with Crippen LogP contribution in [0.2, 0.25) is 0 Å². The number of nitrogens with zero attached hydrogens (tertiary/aromatic N) is 1. The summed E-state index contributed by atoms with van der Waals surface area (Å²) in [5, 5.41) is 6.23. The van der Waals surface area contributed by atoms with Crippen molar-refractivity contribution < 1.29 is 14.1 Å². The van der Waals surface area contributed by atoms with E-state index in [1.54, 1.807) is 6.92 Å². The Labute approximate surface area is 151 Å². The topological polar surface area (TPSA) is 52.3 Å². The fourth-order valence-corrected chi connectivity index (χ4v) is 3.04. The number of ether oxygens (including phenoxy) is 1. The Bertz CT molecular complexity index is 1060. The van der Waals surface area contributed by atoms with Crippen molar-refractivity contribution in [3.05, 3.63) is 89.7 Å². The number of fused-ring (bicyclic) bond motifs is 1. The molecule has 128 valence electrons. The Kier molecular flexibility index (Phi) is 4.23. The number of rotatable bonds is 4. The predicted octanol–water partition coefficient (Wildman–Crippen LogP) is 5.16. The lowest BCUT2D eigenvalue weighted by Crippen LogP contribution is -2.07. The second kappa shape index (κ2) is 6.84. The van der Waals surface area contributed by atoms with Gasteiger partial charge < -0.3 is 9.26 Å². The van der Waals surface area contributed by atoms with Crippen LogP contribution in [0.1, 0.15) is 21.7 Å². The molecule has 0 aliphatic rings. The molecule has 0 spiro atoms. The van der Waals surface area contributed by atoms with E-state index in [0.29, 0.717) is 17.0 Å². The third-order valence-electron chi connectivity index (χ3n) is 4.35. The van der Waals surface area contributed by atoms with Gasteiger partial charge in [0.1, 0.15) is 23.6 Å². The number of carbonyl (C=O) groups excluding carboxylic acids is 1. The molecule has 0 aliphatic heterocycles. The molecule has 0 bridgehead atoms. The molecule has 0 unspecified atom stereocenters. The summed E-state index contributed by atoms with van der Waals surface area (Å²) in [5.41, 5.74) is 2.66. The lowest BCUT2D eigenvalue weighted by molar-refractivity contribution is 0.0473. The van der Waals surface area contributed by atoms with Gasteiger partial charge in [-0.05, 0) is 23.3 Å². The van der Waals surface area contributed by atoms with Crippen LogP contribution in [0, 0.1) is 6.92 Å². The molecule has 4 rings (SSSR count). The van der Waals surface area contributed by atoms with Crippen LogP contribution in [0.4, 0.5) is 0 Å². The molecule has 3 aromatic carbocycles. The number of aromatic nitrogens is 1. The third-order valence-corrected chi connectivity index (χ3v) is 4.35. The zero-order valence-electron chi connectivity index (χ0n) is 14.3. The molecular formula is C22H17NO3. The Morgan fingerprint density at radius 3 is 2.54 bits per heavy atom. The van der Waals surface area contributed by atoms with Crippen LogP contribution in [0.25, 0.3) is 22.0 Å². The first kappa shape index (κ1) is 16.1. The Morgan fingerprint density at radius 2 is 1.69 bits per heavy atom. The number of aryl methyl sites for hydroxylation is 1. The first-order chi connectivity index (χ1) is 12.7. The van der Waals surface area contributed by atoms with Gasteiger partial charge in [-0.15, -0.1) is 0 Å². The highest BCUT2D eigenvalue weighted by Crippen LogP contribution is 2.26. The Hall–Kier alpha value is -3.40.